The van der Waals surface area contributed by atoms with E-state index in [9.17, 15) is 9.18 Å². The molecule has 0 radical (unpaired) electrons. The molecule has 2 heterocycles. The van der Waals surface area contributed by atoms with Crippen LogP contribution in [0.1, 0.15) is 47.2 Å². The fraction of sp³-hybridized carbons (Fsp3) is 0.632. The number of piperidine rings is 1. The molecule has 134 valence electrons. The molecule has 6 heteroatoms. The number of nitrogens with zero attached hydrogens (tertiary/aromatic N) is 2. The minimum atomic E-state index is -0.658. The van der Waals surface area contributed by atoms with Gasteiger partial charge < -0.3 is 0 Å². The second kappa shape index (κ2) is 5.50. The minimum Gasteiger partial charge on any atom is -0.297 e. The van der Waals surface area contributed by atoms with Crippen molar-refractivity contribution in [3.8, 4) is 0 Å². The number of amides is 1. The van der Waals surface area contributed by atoms with Crippen LogP contribution in [0.4, 0.5) is 4.39 Å². The lowest BCUT2D eigenvalue weighted by Crippen LogP contribution is -2.47. The molecule has 0 bridgehead atoms. The summed E-state index contributed by atoms with van der Waals surface area (Å²) in [4.78, 5) is 16.7. The van der Waals surface area contributed by atoms with E-state index in [-0.39, 0.29) is 11.4 Å². The van der Waals surface area contributed by atoms with E-state index in [0.29, 0.717) is 17.6 Å². The average Bonchev–Trinajstić information content (AvgIpc) is 3.54. The van der Waals surface area contributed by atoms with Crippen LogP contribution in [0.3, 0.4) is 0 Å². The lowest BCUT2D eigenvalue weighted by atomic mass is 9.95. The first-order chi connectivity index (χ1) is 12.1. The van der Waals surface area contributed by atoms with Crippen molar-refractivity contribution < 1.29 is 14.4 Å². The van der Waals surface area contributed by atoms with Crippen LogP contribution in [0, 0.1) is 11.7 Å². The second-order valence-corrected chi connectivity index (χ2v) is 8.22. The Morgan fingerprint density at radius 1 is 1.32 bits per heavy atom. The Balaban J connectivity index is 1.34. The molecule has 1 amide bonds. The van der Waals surface area contributed by atoms with E-state index in [0.717, 1.165) is 37.0 Å². The van der Waals surface area contributed by atoms with Gasteiger partial charge in [0.25, 0.3) is 5.91 Å². The molecule has 2 aliphatic heterocycles. The van der Waals surface area contributed by atoms with Crippen LogP contribution in [0.2, 0.25) is 0 Å². The van der Waals surface area contributed by atoms with Crippen molar-refractivity contribution in [2.45, 2.75) is 50.2 Å². The molecule has 1 aromatic carbocycles. The highest BCUT2D eigenvalue weighted by Gasteiger charge is 2.64. The summed E-state index contributed by atoms with van der Waals surface area (Å²) in [6.45, 7) is 3.82. The van der Waals surface area contributed by atoms with Gasteiger partial charge in [0.15, 0.2) is 0 Å². The maximum absolute atomic E-state index is 14.5. The number of halogens is 1. The molecule has 4 aliphatic rings. The van der Waals surface area contributed by atoms with Crippen molar-refractivity contribution in [3.63, 3.8) is 0 Å². The van der Waals surface area contributed by atoms with Crippen molar-refractivity contribution in [2.24, 2.45) is 5.92 Å². The second-order valence-electron chi connectivity index (χ2n) is 8.22. The van der Waals surface area contributed by atoms with Gasteiger partial charge >= 0.3 is 0 Å². The van der Waals surface area contributed by atoms with Gasteiger partial charge in [0.1, 0.15) is 5.82 Å². The molecular weight excluding hydrogens is 321 g/mol. The third kappa shape index (κ3) is 2.50. The summed E-state index contributed by atoms with van der Waals surface area (Å²) in [5.74, 6) is -0.152. The van der Waals surface area contributed by atoms with Crippen molar-refractivity contribution in [1.82, 2.24) is 15.3 Å². The number of carbonyl (C=O) groups is 1. The zero-order valence-electron chi connectivity index (χ0n) is 14.3. The number of carbonyl (C=O) groups excluding carboxylic acids is 1. The van der Waals surface area contributed by atoms with Crippen molar-refractivity contribution >= 4 is 5.91 Å². The Kier molecular flexibility index (Phi) is 3.46. The molecule has 25 heavy (non-hydrogen) atoms. The summed E-state index contributed by atoms with van der Waals surface area (Å²) < 4.78 is 14.5. The highest BCUT2D eigenvalue weighted by molar-refractivity contribution is 5.93. The van der Waals surface area contributed by atoms with Gasteiger partial charge in [-0.05, 0) is 62.3 Å². The monoisotopic (exact) mass is 345 g/mol. The van der Waals surface area contributed by atoms with Crippen LogP contribution in [-0.2, 0) is 13.0 Å². The number of hydroxylamine groups is 1. The molecule has 5 rings (SSSR count). The third-order valence-corrected chi connectivity index (χ3v) is 6.71. The lowest BCUT2D eigenvalue weighted by molar-refractivity contribution is 0.0705. The van der Waals surface area contributed by atoms with Gasteiger partial charge in [-0.2, -0.15) is 0 Å². The number of benzene rings is 1. The van der Waals surface area contributed by atoms with Gasteiger partial charge in [0.2, 0.25) is 0 Å². The van der Waals surface area contributed by atoms with E-state index in [1.165, 1.54) is 38.3 Å². The summed E-state index contributed by atoms with van der Waals surface area (Å²) in [5.41, 5.74) is 3.74. The summed E-state index contributed by atoms with van der Waals surface area (Å²) >= 11 is 0. The Morgan fingerprint density at radius 3 is 2.88 bits per heavy atom. The Morgan fingerprint density at radius 2 is 2.16 bits per heavy atom. The lowest BCUT2D eigenvalue weighted by Gasteiger charge is -2.36. The molecule has 2 atom stereocenters. The number of hydrogen-bond acceptors (Lipinski definition) is 4. The molecule has 3 fully saturated rings. The Labute approximate surface area is 146 Å². The number of rotatable bonds is 4. The number of hydrogen-bond donors (Lipinski definition) is 2. The van der Waals surface area contributed by atoms with E-state index < -0.39 is 5.91 Å². The van der Waals surface area contributed by atoms with Gasteiger partial charge in [-0.1, -0.05) is 0 Å². The minimum absolute atomic E-state index is 0.184. The van der Waals surface area contributed by atoms with Crippen LogP contribution in [0.5, 0.6) is 0 Å². The normalized spacial score (nSPS) is 31.5. The van der Waals surface area contributed by atoms with Crippen molar-refractivity contribution in [2.75, 3.05) is 19.6 Å². The van der Waals surface area contributed by atoms with E-state index in [4.69, 9.17) is 5.21 Å². The van der Waals surface area contributed by atoms with Crippen LogP contribution >= 0.6 is 0 Å². The SMILES string of the molecule is O=C(NO)c1cc(F)c2c(c1)CCN(CC13CC1CCN3C1CC1)C2. The topological polar surface area (TPSA) is 55.8 Å². The fourth-order valence-corrected chi connectivity index (χ4v) is 5.22. The van der Waals surface area contributed by atoms with Gasteiger partial charge in [-0.25, -0.2) is 9.87 Å². The van der Waals surface area contributed by atoms with Gasteiger partial charge in [0, 0.05) is 42.3 Å². The molecule has 5 nitrogen and oxygen atoms in total. The zero-order valence-corrected chi connectivity index (χ0v) is 14.3. The van der Waals surface area contributed by atoms with E-state index >= 15 is 0 Å². The first-order valence-electron chi connectivity index (χ1n) is 9.35. The standard InChI is InChI=1S/C19H24FN3O2/c20-17-8-13(18(24)21-25)7-12-3-5-22(10-16(12)17)11-19-9-14(19)4-6-23(19)15-1-2-15/h7-8,14-15,25H,1-6,9-11H2,(H,21,24). The Bertz CT molecular complexity index is 736. The summed E-state index contributed by atoms with van der Waals surface area (Å²) in [6.07, 6.45) is 6.09. The average molecular weight is 345 g/mol. The fourth-order valence-electron chi connectivity index (χ4n) is 5.22. The summed E-state index contributed by atoms with van der Waals surface area (Å²) in [5, 5.41) is 8.76. The van der Waals surface area contributed by atoms with E-state index in [2.05, 4.69) is 9.80 Å². The molecule has 2 N–H and O–H groups in total. The van der Waals surface area contributed by atoms with E-state index in [1.54, 1.807) is 11.5 Å². The molecule has 1 aromatic rings. The van der Waals surface area contributed by atoms with Crippen molar-refractivity contribution in [1.29, 1.82) is 0 Å². The highest BCUT2D eigenvalue weighted by Crippen LogP contribution is 2.59. The first kappa shape index (κ1) is 15.7. The maximum Gasteiger partial charge on any atom is 0.274 e. The maximum atomic E-state index is 14.5. The molecule has 2 aliphatic carbocycles. The van der Waals surface area contributed by atoms with Gasteiger partial charge in [0.05, 0.1) is 0 Å². The molecule has 2 saturated carbocycles. The first-order valence-corrected chi connectivity index (χ1v) is 9.35. The van der Waals surface area contributed by atoms with Crippen molar-refractivity contribution in [3.05, 3.63) is 34.6 Å². The van der Waals surface area contributed by atoms with Crippen LogP contribution in [0.15, 0.2) is 12.1 Å². The van der Waals surface area contributed by atoms with Gasteiger partial charge in [-0.3, -0.25) is 19.8 Å². The molecule has 0 aromatic heterocycles. The van der Waals surface area contributed by atoms with Gasteiger partial charge in [-0.15, -0.1) is 0 Å². The smallest absolute Gasteiger partial charge is 0.274 e. The summed E-state index contributed by atoms with van der Waals surface area (Å²) in [6, 6.07) is 3.75. The molecule has 2 unspecified atom stereocenters. The molecule has 1 saturated heterocycles. The largest absolute Gasteiger partial charge is 0.297 e. The highest BCUT2D eigenvalue weighted by atomic mass is 19.1. The van der Waals surface area contributed by atoms with Crippen LogP contribution in [0.25, 0.3) is 0 Å². The summed E-state index contributed by atoms with van der Waals surface area (Å²) in [7, 11) is 0. The molecular formula is C19H24FN3O2. The Hall–Kier alpha value is -1.50. The van der Waals surface area contributed by atoms with Crippen LogP contribution < -0.4 is 5.48 Å². The number of likely N-dealkylation sites (tertiary alicyclic amines) is 1. The van der Waals surface area contributed by atoms with Crippen LogP contribution in [-0.4, -0.2) is 52.1 Å². The third-order valence-electron chi connectivity index (χ3n) is 6.71. The molecule has 0 spiro atoms. The quantitative estimate of drug-likeness (QED) is 0.647. The zero-order chi connectivity index (χ0) is 17.2. The predicted octanol–water partition coefficient (Wildman–Crippen LogP) is 1.93. The number of fused-ring (bicyclic) bond motifs is 2. The predicted molar refractivity (Wildman–Crippen MR) is 89.8 cm³/mol. The van der Waals surface area contributed by atoms with E-state index in [1.807, 2.05) is 0 Å². The number of nitrogens with one attached hydrogen (secondary N) is 1.